The molecular weight excluding hydrogens is 278 g/mol. The van der Waals surface area contributed by atoms with Crippen LogP contribution in [0.3, 0.4) is 0 Å². The summed E-state index contributed by atoms with van der Waals surface area (Å²) in [6.45, 7) is 5.94. The van der Waals surface area contributed by atoms with Crippen molar-refractivity contribution in [2.75, 3.05) is 18.4 Å². The molecule has 116 valence electrons. The van der Waals surface area contributed by atoms with Gasteiger partial charge in [-0.1, -0.05) is 49.3 Å². The van der Waals surface area contributed by atoms with Crippen molar-refractivity contribution in [3.05, 3.63) is 36.4 Å². The van der Waals surface area contributed by atoms with Crippen molar-refractivity contribution in [2.45, 2.75) is 20.3 Å². The van der Waals surface area contributed by atoms with E-state index >= 15 is 0 Å². The molecule has 1 aromatic carbocycles. The molecule has 1 N–H and O–H groups in total. The molecule has 5 heteroatoms. The average molecular weight is 299 g/mol. The van der Waals surface area contributed by atoms with Crippen LogP contribution in [0.1, 0.15) is 20.3 Å². The Balaban J connectivity index is 1.66. The lowest BCUT2D eigenvalue weighted by atomic mass is 9.92. The Kier molecular flexibility index (Phi) is 4.13. The van der Waals surface area contributed by atoms with Crippen LogP contribution in [0.15, 0.2) is 40.9 Å². The van der Waals surface area contributed by atoms with Crippen molar-refractivity contribution in [2.24, 2.45) is 11.8 Å². The summed E-state index contributed by atoms with van der Waals surface area (Å²) < 4.78 is 5.30. The number of anilines is 1. The Hall–Kier alpha value is -2.30. The molecule has 3 rings (SSSR count). The summed E-state index contributed by atoms with van der Waals surface area (Å²) in [7, 11) is 0. The largest absolute Gasteiger partial charge is 0.354 e. The Bertz CT molecular complexity index is 628. The summed E-state index contributed by atoms with van der Waals surface area (Å²) in [5.74, 6) is 2.17. The van der Waals surface area contributed by atoms with Gasteiger partial charge in [0.2, 0.25) is 0 Å². The van der Waals surface area contributed by atoms with Crippen LogP contribution in [0.5, 0.6) is 0 Å². The van der Waals surface area contributed by atoms with E-state index < -0.39 is 0 Å². The van der Waals surface area contributed by atoms with E-state index in [-0.39, 0.29) is 6.03 Å². The number of nitrogens with zero attached hydrogens (tertiary/aromatic N) is 2. The summed E-state index contributed by atoms with van der Waals surface area (Å²) in [6.07, 6.45) is 1.17. The van der Waals surface area contributed by atoms with Gasteiger partial charge in [0.05, 0.1) is 0 Å². The number of carbonyl (C=O) groups is 1. The number of aromatic nitrogens is 1. The fourth-order valence-electron chi connectivity index (χ4n) is 3.09. The maximum atomic E-state index is 12.3. The summed E-state index contributed by atoms with van der Waals surface area (Å²) in [5, 5.41) is 6.76. The van der Waals surface area contributed by atoms with Gasteiger partial charge in [0.25, 0.3) is 0 Å². The zero-order valence-corrected chi connectivity index (χ0v) is 13.0. The van der Waals surface area contributed by atoms with Crippen LogP contribution >= 0.6 is 0 Å². The van der Waals surface area contributed by atoms with Crippen molar-refractivity contribution in [1.82, 2.24) is 10.1 Å². The molecule has 2 atom stereocenters. The number of benzene rings is 1. The highest BCUT2D eigenvalue weighted by molar-refractivity contribution is 5.88. The standard InChI is InChI=1S/C17H21N3O2/c1-12-8-13(2)11-20(10-12)17(21)18-16-9-15(22-19-16)14-6-4-3-5-7-14/h3-7,9,12-13H,8,10-11H2,1-2H3,(H,18,19,21). The van der Waals surface area contributed by atoms with E-state index in [9.17, 15) is 4.79 Å². The van der Waals surface area contributed by atoms with Gasteiger partial charge in [-0.15, -0.1) is 0 Å². The third-order valence-corrected chi connectivity index (χ3v) is 3.96. The van der Waals surface area contributed by atoms with Gasteiger partial charge < -0.3 is 9.42 Å². The number of likely N-dealkylation sites (tertiary alicyclic amines) is 1. The number of urea groups is 1. The van der Waals surface area contributed by atoms with Gasteiger partial charge in [0, 0.05) is 24.7 Å². The first-order chi connectivity index (χ1) is 10.6. The number of carbonyl (C=O) groups excluding carboxylic acids is 1. The Morgan fingerprint density at radius 2 is 1.91 bits per heavy atom. The predicted octanol–water partition coefficient (Wildman–Crippen LogP) is 3.85. The highest BCUT2D eigenvalue weighted by Gasteiger charge is 2.25. The normalized spacial score (nSPS) is 21.6. The minimum absolute atomic E-state index is 0.105. The molecule has 1 aromatic heterocycles. The van der Waals surface area contributed by atoms with Crippen molar-refractivity contribution >= 4 is 11.8 Å². The zero-order valence-electron chi connectivity index (χ0n) is 13.0. The lowest BCUT2D eigenvalue weighted by Crippen LogP contribution is -2.44. The minimum atomic E-state index is -0.105. The number of piperidine rings is 1. The Morgan fingerprint density at radius 1 is 1.23 bits per heavy atom. The summed E-state index contributed by atoms with van der Waals surface area (Å²) in [6, 6.07) is 11.4. The highest BCUT2D eigenvalue weighted by Crippen LogP contribution is 2.24. The molecular formula is C17H21N3O2. The summed E-state index contributed by atoms with van der Waals surface area (Å²) in [5.41, 5.74) is 0.940. The van der Waals surface area contributed by atoms with E-state index in [1.54, 1.807) is 6.07 Å². The number of amides is 2. The molecule has 2 aromatic rings. The van der Waals surface area contributed by atoms with E-state index in [1.165, 1.54) is 6.42 Å². The van der Waals surface area contributed by atoms with Crippen LogP contribution in [0.4, 0.5) is 10.6 Å². The van der Waals surface area contributed by atoms with E-state index in [0.717, 1.165) is 18.7 Å². The first-order valence-electron chi connectivity index (χ1n) is 7.70. The molecule has 0 bridgehead atoms. The molecule has 0 spiro atoms. The van der Waals surface area contributed by atoms with Crippen molar-refractivity contribution in [3.8, 4) is 11.3 Å². The molecule has 1 fully saturated rings. The summed E-state index contributed by atoms with van der Waals surface area (Å²) in [4.78, 5) is 14.2. The smallest absolute Gasteiger partial charge is 0.323 e. The van der Waals surface area contributed by atoms with Crippen LogP contribution in [0.25, 0.3) is 11.3 Å². The van der Waals surface area contributed by atoms with Crippen LogP contribution in [0.2, 0.25) is 0 Å². The monoisotopic (exact) mass is 299 g/mol. The predicted molar refractivity (Wildman–Crippen MR) is 85.5 cm³/mol. The zero-order chi connectivity index (χ0) is 15.5. The second-order valence-corrected chi connectivity index (χ2v) is 6.22. The van der Waals surface area contributed by atoms with Crippen molar-refractivity contribution in [1.29, 1.82) is 0 Å². The highest BCUT2D eigenvalue weighted by atomic mass is 16.5. The molecule has 0 radical (unpaired) electrons. The molecule has 2 unspecified atom stereocenters. The Morgan fingerprint density at radius 3 is 2.59 bits per heavy atom. The van der Waals surface area contributed by atoms with Crippen LogP contribution in [0, 0.1) is 11.8 Å². The van der Waals surface area contributed by atoms with Crippen molar-refractivity contribution < 1.29 is 9.32 Å². The Labute approximate surface area is 130 Å². The minimum Gasteiger partial charge on any atom is -0.354 e. The molecule has 0 saturated carbocycles. The number of hydrogen-bond acceptors (Lipinski definition) is 3. The van der Waals surface area contributed by atoms with Crippen LogP contribution in [-0.4, -0.2) is 29.2 Å². The molecule has 0 aliphatic carbocycles. The van der Waals surface area contributed by atoms with Gasteiger partial charge in [0.15, 0.2) is 11.6 Å². The topological polar surface area (TPSA) is 58.4 Å². The van der Waals surface area contributed by atoms with Crippen molar-refractivity contribution in [3.63, 3.8) is 0 Å². The first kappa shape index (κ1) is 14.6. The number of rotatable bonds is 2. The van der Waals surface area contributed by atoms with E-state index in [2.05, 4.69) is 24.3 Å². The fraction of sp³-hybridized carbons (Fsp3) is 0.412. The SMILES string of the molecule is CC1CC(C)CN(C(=O)Nc2cc(-c3ccccc3)on2)C1. The fourth-order valence-corrected chi connectivity index (χ4v) is 3.09. The summed E-state index contributed by atoms with van der Waals surface area (Å²) >= 11 is 0. The van der Waals surface area contributed by atoms with Crippen LogP contribution in [-0.2, 0) is 0 Å². The molecule has 2 heterocycles. The number of nitrogens with one attached hydrogen (secondary N) is 1. The van der Waals surface area contributed by atoms with E-state index in [1.807, 2.05) is 35.2 Å². The third-order valence-electron chi connectivity index (χ3n) is 3.96. The lowest BCUT2D eigenvalue weighted by molar-refractivity contribution is 0.156. The first-order valence-corrected chi connectivity index (χ1v) is 7.70. The van der Waals surface area contributed by atoms with Gasteiger partial charge in [0.1, 0.15) is 0 Å². The molecule has 1 aliphatic rings. The maximum Gasteiger partial charge on any atom is 0.323 e. The number of hydrogen-bond donors (Lipinski definition) is 1. The van der Waals surface area contributed by atoms with E-state index in [4.69, 9.17) is 4.52 Å². The van der Waals surface area contributed by atoms with Crippen LogP contribution < -0.4 is 5.32 Å². The van der Waals surface area contributed by atoms with E-state index in [0.29, 0.717) is 23.4 Å². The molecule has 2 amide bonds. The van der Waals surface area contributed by atoms with Gasteiger partial charge in [-0.25, -0.2) is 4.79 Å². The average Bonchev–Trinajstić information content (AvgIpc) is 2.95. The van der Waals surface area contributed by atoms with Gasteiger partial charge in [-0.2, -0.15) is 0 Å². The maximum absolute atomic E-state index is 12.3. The molecule has 22 heavy (non-hydrogen) atoms. The third kappa shape index (κ3) is 3.30. The van der Waals surface area contributed by atoms with Gasteiger partial charge in [-0.3, -0.25) is 5.32 Å². The molecule has 1 aliphatic heterocycles. The van der Waals surface area contributed by atoms with Gasteiger partial charge >= 0.3 is 6.03 Å². The second-order valence-electron chi connectivity index (χ2n) is 6.22. The van der Waals surface area contributed by atoms with Gasteiger partial charge in [-0.05, 0) is 18.3 Å². The molecule has 5 nitrogen and oxygen atoms in total. The second kappa shape index (κ2) is 6.22. The quantitative estimate of drug-likeness (QED) is 0.916. The lowest BCUT2D eigenvalue weighted by Gasteiger charge is -2.34. The molecule has 1 saturated heterocycles.